The molecule has 0 aromatic rings. The summed E-state index contributed by atoms with van der Waals surface area (Å²) in [5.41, 5.74) is 0. The van der Waals surface area contributed by atoms with Gasteiger partial charge in [0.1, 0.15) is 0 Å². The van der Waals surface area contributed by atoms with Crippen molar-refractivity contribution >= 4 is 5.97 Å². The minimum atomic E-state index is -0.832. The topological polar surface area (TPSA) is 60.4 Å². The van der Waals surface area contributed by atoms with Crippen LogP contribution in [0.25, 0.3) is 0 Å². The number of unbranched alkanes of at least 4 members (excludes halogenated alkanes) is 11. The maximum atomic E-state index is 11.6. The summed E-state index contributed by atoms with van der Waals surface area (Å²) in [6.45, 7) is 6.53. The first-order chi connectivity index (χ1) is 14.1. The molecule has 0 saturated heterocycles. The Bertz CT molecular complexity index is 356. The van der Waals surface area contributed by atoms with Crippen LogP contribution in [0, 0.1) is 11.8 Å². The maximum Gasteiger partial charge on any atom is 0.0540 e. The lowest BCUT2D eigenvalue weighted by atomic mass is 9.82. The predicted molar refractivity (Wildman–Crippen MR) is 123 cm³/mol. The van der Waals surface area contributed by atoms with Crippen LogP contribution in [0.5, 0.6) is 0 Å². The van der Waals surface area contributed by atoms with E-state index in [9.17, 15) is 15.0 Å². The lowest BCUT2D eigenvalue weighted by Gasteiger charge is -2.27. The van der Waals surface area contributed by atoms with E-state index in [4.69, 9.17) is 0 Å². The molecule has 0 radical (unpaired) electrons. The fourth-order valence-corrected chi connectivity index (χ4v) is 4.47. The molecule has 3 heteroatoms. The Labute approximate surface area is 182 Å². The summed E-state index contributed by atoms with van der Waals surface area (Å²) in [5.74, 6) is -0.794. The fraction of sp³-hybridized carbons (Fsp3) is 0.962. The van der Waals surface area contributed by atoms with Gasteiger partial charge in [0.25, 0.3) is 0 Å². The molecular formula is C26H51O3-. The van der Waals surface area contributed by atoms with Crippen LogP contribution in [0.4, 0.5) is 0 Å². The number of aliphatic hydroxyl groups is 1. The zero-order valence-corrected chi connectivity index (χ0v) is 19.9. The van der Waals surface area contributed by atoms with Crippen molar-refractivity contribution in [2.24, 2.45) is 11.8 Å². The number of hydrogen-bond acceptors (Lipinski definition) is 3. The predicted octanol–water partition coefficient (Wildman–Crippen LogP) is 6.80. The highest BCUT2D eigenvalue weighted by Crippen LogP contribution is 2.27. The first-order valence-electron chi connectivity index (χ1n) is 13.0. The van der Waals surface area contributed by atoms with Gasteiger partial charge in [-0.15, -0.1) is 0 Å². The van der Waals surface area contributed by atoms with Gasteiger partial charge in [-0.05, 0) is 31.6 Å². The fourth-order valence-electron chi connectivity index (χ4n) is 4.47. The number of hydrogen-bond donors (Lipinski definition) is 1. The second-order valence-corrected chi connectivity index (χ2v) is 9.15. The summed E-state index contributed by atoms with van der Waals surface area (Å²) >= 11 is 0. The van der Waals surface area contributed by atoms with E-state index >= 15 is 0 Å². The monoisotopic (exact) mass is 411 g/mol. The van der Waals surface area contributed by atoms with Crippen molar-refractivity contribution in [1.82, 2.24) is 0 Å². The van der Waals surface area contributed by atoms with Crippen LogP contribution in [0.1, 0.15) is 143 Å². The van der Waals surface area contributed by atoms with Crippen molar-refractivity contribution in [1.29, 1.82) is 0 Å². The van der Waals surface area contributed by atoms with E-state index in [1.807, 2.05) is 0 Å². The number of carbonyl (C=O) groups is 1. The number of aliphatic hydroxyl groups excluding tert-OH is 1. The number of rotatable bonds is 22. The average Bonchev–Trinajstić information content (AvgIpc) is 2.70. The van der Waals surface area contributed by atoms with Crippen LogP contribution < -0.4 is 5.11 Å². The highest BCUT2D eigenvalue weighted by molar-refractivity contribution is 5.67. The zero-order valence-electron chi connectivity index (χ0n) is 19.9. The van der Waals surface area contributed by atoms with Crippen molar-refractivity contribution in [3.05, 3.63) is 0 Å². The summed E-state index contributed by atoms with van der Waals surface area (Å²) in [6, 6.07) is 0. The third kappa shape index (κ3) is 16.9. The number of carbonyl (C=O) groups excluding carboxylic acids is 1. The maximum absolute atomic E-state index is 11.6. The van der Waals surface area contributed by atoms with Crippen LogP contribution >= 0.6 is 0 Å². The molecule has 0 aromatic carbocycles. The Morgan fingerprint density at radius 2 is 1.07 bits per heavy atom. The van der Waals surface area contributed by atoms with E-state index in [0.29, 0.717) is 5.92 Å². The summed E-state index contributed by atoms with van der Waals surface area (Å²) in [6.07, 6.45) is 21.3. The van der Waals surface area contributed by atoms with Crippen molar-refractivity contribution in [3.63, 3.8) is 0 Å². The average molecular weight is 412 g/mol. The van der Waals surface area contributed by atoms with Gasteiger partial charge in [0, 0.05) is 11.9 Å². The molecule has 0 aliphatic rings. The quantitative estimate of drug-likeness (QED) is 0.199. The van der Waals surface area contributed by atoms with Gasteiger partial charge in [-0.3, -0.25) is 0 Å². The first kappa shape index (κ1) is 28.4. The zero-order chi connectivity index (χ0) is 21.7. The van der Waals surface area contributed by atoms with Crippen LogP contribution in [-0.2, 0) is 4.79 Å². The van der Waals surface area contributed by atoms with E-state index in [1.54, 1.807) is 0 Å². The molecule has 29 heavy (non-hydrogen) atoms. The molecular weight excluding hydrogens is 360 g/mol. The normalized spacial score (nSPS) is 14.6. The molecule has 3 atom stereocenters. The molecule has 0 heterocycles. The Balaban J connectivity index is 3.71. The van der Waals surface area contributed by atoms with E-state index in [-0.39, 0.29) is 12.0 Å². The second-order valence-electron chi connectivity index (χ2n) is 9.15. The van der Waals surface area contributed by atoms with Crippen molar-refractivity contribution in [2.75, 3.05) is 0 Å². The largest absolute Gasteiger partial charge is 0.550 e. The number of aliphatic carboxylic acids is 1. The molecule has 3 unspecified atom stereocenters. The summed E-state index contributed by atoms with van der Waals surface area (Å²) in [5, 5.41) is 21.6. The van der Waals surface area contributed by atoms with Gasteiger partial charge in [-0.1, -0.05) is 117 Å². The SMILES string of the molecule is CCCCCCC(O)CCCCCCCCCC(C(=O)[O-])C(CC)CCCCC. The molecule has 0 spiro atoms. The Kier molecular flexibility index (Phi) is 20.3. The van der Waals surface area contributed by atoms with Crippen molar-refractivity contribution in [2.45, 2.75) is 149 Å². The smallest absolute Gasteiger partial charge is 0.0540 e. The van der Waals surface area contributed by atoms with Crippen LogP contribution in [0.2, 0.25) is 0 Å². The highest BCUT2D eigenvalue weighted by atomic mass is 16.4. The van der Waals surface area contributed by atoms with E-state index < -0.39 is 5.97 Å². The van der Waals surface area contributed by atoms with Gasteiger partial charge >= 0.3 is 0 Å². The lowest BCUT2D eigenvalue weighted by Crippen LogP contribution is -2.36. The first-order valence-corrected chi connectivity index (χ1v) is 13.0. The molecule has 0 rings (SSSR count). The standard InChI is InChI=1S/C26H52O3/c1-4-7-9-16-20-24(27)21-17-13-11-10-12-14-18-22-25(26(28)29)23(6-3)19-15-8-5-2/h23-25,27H,4-22H2,1-3H3,(H,28,29)/p-1. The minimum absolute atomic E-state index is 0.0998. The van der Waals surface area contributed by atoms with Gasteiger partial charge in [0.2, 0.25) is 0 Å². The van der Waals surface area contributed by atoms with Gasteiger partial charge in [0.15, 0.2) is 0 Å². The van der Waals surface area contributed by atoms with Crippen LogP contribution in [-0.4, -0.2) is 17.2 Å². The number of carboxylic acids is 1. The summed E-state index contributed by atoms with van der Waals surface area (Å²) in [4.78, 5) is 11.6. The van der Waals surface area contributed by atoms with Crippen molar-refractivity contribution < 1.29 is 15.0 Å². The Hall–Kier alpha value is -0.570. The Morgan fingerprint density at radius 1 is 0.655 bits per heavy atom. The third-order valence-corrected chi connectivity index (χ3v) is 6.52. The Morgan fingerprint density at radius 3 is 1.55 bits per heavy atom. The van der Waals surface area contributed by atoms with Crippen molar-refractivity contribution in [3.8, 4) is 0 Å². The summed E-state index contributed by atoms with van der Waals surface area (Å²) in [7, 11) is 0. The molecule has 0 fully saturated rings. The molecule has 0 aromatic heterocycles. The van der Waals surface area contributed by atoms with E-state index in [2.05, 4.69) is 20.8 Å². The molecule has 0 bridgehead atoms. The minimum Gasteiger partial charge on any atom is -0.550 e. The third-order valence-electron chi connectivity index (χ3n) is 6.52. The molecule has 3 nitrogen and oxygen atoms in total. The highest BCUT2D eigenvalue weighted by Gasteiger charge is 2.20. The van der Waals surface area contributed by atoms with Gasteiger partial charge in [-0.2, -0.15) is 0 Å². The van der Waals surface area contributed by atoms with Gasteiger partial charge < -0.3 is 15.0 Å². The van der Waals surface area contributed by atoms with E-state index in [0.717, 1.165) is 57.8 Å². The lowest BCUT2D eigenvalue weighted by molar-refractivity contribution is -0.313. The summed E-state index contributed by atoms with van der Waals surface area (Å²) < 4.78 is 0. The number of carboxylic acid groups (broad SMARTS) is 1. The van der Waals surface area contributed by atoms with Crippen LogP contribution in [0.3, 0.4) is 0 Å². The molecule has 0 amide bonds. The molecule has 0 saturated carbocycles. The second kappa shape index (κ2) is 20.7. The molecule has 174 valence electrons. The molecule has 0 aliphatic heterocycles. The van der Waals surface area contributed by atoms with Gasteiger partial charge in [0.05, 0.1) is 6.10 Å². The van der Waals surface area contributed by atoms with E-state index in [1.165, 1.54) is 64.2 Å². The van der Waals surface area contributed by atoms with Crippen LogP contribution in [0.15, 0.2) is 0 Å². The molecule has 1 N–H and O–H groups in total. The van der Waals surface area contributed by atoms with Gasteiger partial charge in [-0.25, -0.2) is 0 Å². The molecule has 0 aliphatic carbocycles.